The number of anilines is 2. The molecular weight excluding hydrogens is 400 g/mol. The van der Waals surface area contributed by atoms with Crippen LogP contribution in [0.1, 0.15) is 16.7 Å². The molecule has 0 aliphatic carbocycles. The van der Waals surface area contributed by atoms with E-state index in [-0.39, 0.29) is 0 Å². The van der Waals surface area contributed by atoms with Crippen molar-refractivity contribution in [1.82, 2.24) is 0 Å². The summed E-state index contributed by atoms with van der Waals surface area (Å²) in [4.78, 5) is 4.10. The molecule has 0 saturated heterocycles. The zero-order chi connectivity index (χ0) is 19.6. The first-order chi connectivity index (χ1) is 12.8. The Morgan fingerprint density at radius 1 is 0.667 bits per heavy atom. The van der Waals surface area contributed by atoms with Crippen LogP contribution >= 0.6 is 15.9 Å². The summed E-state index contributed by atoms with van der Waals surface area (Å²) < 4.78 is 0.938. The van der Waals surface area contributed by atoms with Crippen molar-refractivity contribution in [3.05, 3.63) is 94.0 Å². The van der Waals surface area contributed by atoms with Crippen molar-refractivity contribution < 1.29 is 5.11 Å². The number of hydrogen-bond acceptors (Lipinski definition) is 3. The molecule has 0 aliphatic rings. The van der Waals surface area contributed by atoms with Gasteiger partial charge in [0.15, 0.2) is 0 Å². The van der Waals surface area contributed by atoms with Gasteiger partial charge in [-0.05, 0) is 53.1 Å². The lowest BCUT2D eigenvalue weighted by Gasteiger charge is -2.31. The number of benzene rings is 3. The Morgan fingerprint density at radius 2 is 1.11 bits per heavy atom. The molecule has 0 saturated carbocycles. The van der Waals surface area contributed by atoms with E-state index in [1.165, 1.54) is 0 Å². The van der Waals surface area contributed by atoms with Crippen molar-refractivity contribution in [3.8, 4) is 0 Å². The highest BCUT2D eigenvalue weighted by Gasteiger charge is 2.34. The zero-order valence-electron chi connectivity index (χ0n) is 16.1. The summed E-state index contributed by atoms with van der Waals surface area (Å²) in [6.07, 6.45) is 0. The second kappa shape index (κ2) is 7.75. The maximum Gasteiger partial charge on any atom is 0.140 e. The second-order valence-corrected chi connectivity index (χ2v) is 8.02. The molecule has 0 atom stereocenters. The summed E-state index contributed by atoms with van der Waals surface area (Å²) in [7, 11) is 8.04. The van der Waals surface area contributed by atoms with Gasteiger partial charge in [0.2, 0.25) is 0 Å². The first-order valence-electron chi connectivity index (χ1n) is 8.86. The Kier molecular flexibility index (Phi) is 5.59. The summed E-state index contributed by atoms with van der Waals surface area (Å²) in [5, 5.41) is 12.0. The average Bonchev–Trinajstić information content (AvgIpc) is 2.67. The van der Waals surface area contributed by atoms with Crippen LogP contribution in [0.3, 0.4) is 0 Å². The predicted molar refractivity (Wildman–Crippen MR) is 118 cm³/mol. The number of rotatable bonds is 5. The summed E-state index contributed by atoms with van der Waals surface area (Å²) in [5.41, 5.74) is 3.45. The summed E-state index contributed by atoms with van der Waals surface area (Å²) >= 11 is 3.54. The molecule has 27 heavy (non-hydrogen) atoms. The maximum absolute atomic E-state index is 12.0. The molecule has 140 valence electrons. The molecule has 0 amide bonds. The molecule has 0 heterocycles. The molecule has 3 rings (SSSR count). The monoisotopic (exact) mass is 424 g/mol. The number of nitrogens with zero attached hydrogens (tertiary/aromatic N) is 2. The van der Waals surface area contributed by atoms with E-state index in [0.29, 0.717) is 0 Å². The van der Waals surface area contributed by atoms with Gasteiger partial charge in [-0.1, -0.05) is 52.3 Å². The summed E-state index contributed by atoms with van der Waals surface area (Å²) in [6.45, 7) is 0. The van der Waals surface area contributed by atoms with Crippen molar-refractivity contribution in [2.45, 2.75) is 5.60 Å². The molecule has 3 aromatic rings. The molecule has 0 aromatic heterocycles. The maximum atomic E-state index is 12.0. The van der Waals surface area contributed by atoms with E-state index in [1.54, 1.807) is 0 Å². The quantitative estimate of drug-likeness (QED) is 0.592. The fraction of sp³-hybridized carbons (Fsp3) is 0.217. The Hall–Kier alpha value is -2.30. The second-order valence-electron chi connectivity index (χ2n) is 7.10. The van der Waals surface area contributed by atoms with E-state index in [9.17, 15) is 5.11 Å². The fourth-order valence-corrected chi connectivity index (χ4v) is 3.61. The van der Waals surface area contributed by atoms with Crippen LogP contribution in [-0.2, 0) is 5.60 Å². The van der Waals surface area contributed by atoms with Gasteiger partial charge in [0.25, 0.3) is 0 Å². The van der Waals surface area contributed by atoms with Gasteiger partial charge in [-0.15, -0.1) is 0 Å². The zero-order valence-corrected chi connectivity index (χ0v) is 17.7. The van der Waals surface area contributed by atoms with E-state index in [4.69, 9.17) is 0 Å². The highest BCUT2D eigenvalue weighted by atomic mass is 79.9. The topological polar surface area (TPSA) is 26.7 Å². The van der Waals surface area contributed by atoms with E-state index in [2.05, 4.69) is 15.9 Å². The van der Waals surface area contributed by atoms with E-state index >= 15 is 0 Å². The van der Waals surface area contributed by atoms with Crippen molar-refractivity contribution in [2.75, 3.05) is 38.0 Å². The third-order valence-corrected chi connectivity index (χ3v) is 5.34. The van der Waals surface area contributed by atoms with Crippen LogP contribution in [0.5, 0.6) is 0 Å². The normalized spacial score (nSPS) is 11.3. The Balaban J connectivity index is 2.17. The van der Waals surface area contributed by atoms with Crippen LogP contribution in [0.2, 0.25) is 0 Å². The lowest BCUT2D eigenvalue weighted by molar-refractivity contribution is 0.125. The minimum Gasteiger partial charge on any atom is -0.378 e. The Bertz CT molecular complexity index is 851. The molecule has 3 nitrogen and oxygen atoms in total. The van der Waals surface area contributed by atoms with Crippen molar-refractivity contribution >= 4 is 27.3 Å². The molecule has 4 heteroatoms. The lowest BCUT2D eigenvalue weighted by Crippen LogP contribution is -2.29. The van der Waals surface area contributed by atoms with Gasteiger partial charge in [-0.2, -0.15) is 0 Å². The molecule has 0 radical (unpaired) electrons. The Labute approximate surface area is 170 Å². The highest BCUT2D eigenvalue weighted by molar-refractivity contribution is 9.10. The third kappa shape index (κ3) is 3.87. The van der Waals surface area contributed by atoms with Gasteiger partial charge in [-0.25, -0.2) is 0 Å². The molecule has 3 aromatic carbocycles. The smallest absolute Gasteiger partial charge is 0.140 e. The molecule has 0 aliphatic heterocycles. The van der Waals surface area contributed by atoms with Gasteiger partial charge in [-0.3, -0.25) is 0 Å². The first kappa shape index (κ1) is 19.5. The van der Waals surface area contributed by atoms with Crippen LogP contribution in [0.25, 0.3) is 0 Å². The van der Waals surface area contributed by atoms with Gasteiger partial charge < -0.3 is 14.9 Å². The highest BCUT2D eigenvalue weighted by Crippen LogP contribution is 2.38. The molecule has 0 unspecified atom stereocenters. The number of aliphatic hydroxyl groups is 1. The van der Waals surface area contributed by atoms with Crippen molar-refractivity contribution in [3.63, 3.8) is 0 Å². The summed E-state index contributed by atoms with van der Waals surface area (Å²) in [6, 6.07) is 24.0. The summed E-state index contributed by atoms with van der Waals surface area (Å²) in [5.74, 6) is 0. The minimum atomic E-state index is -1.24. The van der Waals surface area contributed by atoms with Crippen LogP contribution in [-0.4, -0.2) is 33.3 Å². The minimum absolute atomic E-state index is 0.826. The Morgan fingerprint density at radius 3 is 1.48 bits per heavy atom. The van der Waals surface area contributed by atoms with Gasteiger partial charge >= 0.3 is 0 Å². The van der Waals surface area contributed by atoms with E-state index in [0.717, 1.165) is 32.5 Å². The number of halogens is 1. The third-order valence-electron chi connectivity index (χ3n) is 4.85. The van der Waals surface area contributed by atoms with Crippen LogP contribution in [0.4, 0.5) is 11.4 Å². The molecule has 0 spiro atoms. The largest absolute Gasteiger partial charge is 0.378 e. The van der Waals surface area contributed by atoms with Crippen LogP contribution in [0, 0.1) is 0 Å². The lowest BCUT2D eigenvalue weighted by atomic mass is 9.80. The van der Waals surface area contributed by atoms with Crippen molar-refractivity contribution in [1.29, 1.82) is 0 Å². The predicted octanol–water partition coefficient (Wildman–Crippen LogP) is 4.87. The molecule has 1 N–H and O–H groups in total. The van der Waals surface area contributed by atoms with Crippen LogP contribution < -0.4 is 9.80 Å². The standard InChI is InChI=1S/C23H25BrN2O/c1-25(2)21-12-8-17(9-13-21)23(27,19-6-5-7-20(24)16-19)18-10-14-22(15-11-18)26(3)4/h5-16,27H,1-4H3. The average molecular weight is 425 g/mol. The molecular formula is C23H25BrN2O. The van der Waals surface area contributed by atoms with Gasteiger partial charge in [0.1, 0.15) is 5.60 Å². The van der Waals surface area contributed by atoms with Gasteiger partial charge in [0, 0.05) is 44.0 Å². The first-order valence-corrected chi connectivity index (χ1v) is 9.66. The van der Waals surface area contributed by atoms with E-state index in [1.807, 2.05) is 111 Å². The molecule has 0 fully saturated rings. The van der Waals surface area contributed by atoms with Crippen molar-refractivity contribution in [2.24, 2.45) is 0 Å². The fourth-order valence-electron chi connectivity index (χ4n) is 3.22. The number of hydrogen-bond donors (Lipinski definition) is 1. The van der Waals surface area contributed by atoms with Crippen LogP contribution in [0.15, 0.2) is 77.3 Å². The van der Waals surface area contributed by atoms with Gasteiger partial charge in [0.05, 0.1) is 0 Å². The SMILES string of the molecule is CN(C)c1ccc(C(O)(c2ccc(N(C)C)cc2)c2cccc(Br)c2)cc1. The van der Waals surface area contributed by atoms with E-state index < -0.39 is 5.60 Å². The molecule has 0 bridgehead atoms.